The number of aliphatic imine (C=N–C) groups is 1. The van der Waals surface area contributed by atoms with Gasteiger partial charge < -0.3 is 9.64 Å². The lowest BCUT2D eigenvalue weighted by Crippen LogP contribution is -2.43. The molecule has 156 valence electrons. The summed E-state index contributed by atoms with van der Waals surface area (Å²) in [4.78, 5) is 30.9. The molecule has 1 rings (SSSR count). The molecule has 0 heterocycles. The van der Waals surface area contributed by atoms with Crippen LogP contribution in [0, 0.1) is 0 Å². The number of benzene rings is 1. The van der Waals surface area contributed by atoms with Gasteiger partial charge >= 0.3 is 24.3 Å². The first kappa shape index (κ1) is 23.6. The summed E-state index contributed by atoms with van der Waals surface area (Å²) in [7, 11) is 4.31. The van der Waals surface area contributed by atoms with E-state index >= 15 is 0 Å². The zero-order valence-electron chi connectivity index (χ0n) is 16.0. The van der Waals surface area contributed by atoms with E-state index in [-0.39, 0.29) is 12.6 Å². The second-order valence-electron chi connectivity index (χ2n) is 5.81. The van der Waals surface area contributed by atoms with Gasteiger partial charge in [-0.3, -0.25) is 4.72 Å². The fourth-order valence-electron chi connectivity index (χ4n) is 1.87. The molecular formula is C17H23F3N4O3S. The van der Waals surface area contributed by atoms with Crippen molar-refractivity contribution in [3.63, 3.8) is 0 Å². The first-order chi connectivity index (χ1) is 13.1. The van der Waals surface area contributed by atoms with E-state index in [9.17, 15) is 22.8 Å². The van der Waals surface area contributed by atoms with Crippen LogP contribution in [-0.2, 0) is 10.9 Å². The number of unbranched alkanes of at least 4 members (excludes halogenated alkanes) is 1. The lowest BCUT2D eigenvalue weighted by Gasteiger charge is -2.22. The molecule has 0 saturated heterocycles. The van der Waals surface area contributed by atoms with Crippen LogP contribution in [0.2, 0.25) is 0 Å². The van der Waals surface area contributed by atoms with E-state index in [4.69, 9.17) is 4.74 Å². The topological polar surface area (TPSA) is 74.2 Å². The summed E-state index contributed by atoms with van der Waals surface area (Å²) >= 11 is 0.848. The minimum atomic E-state index is -4.42. The Hall–Kier alpha value is -2.43. The van der Waals surface area contributed by atoms with Gasteiger partial charge in [0.1, 0.15) is 0 Å². The standard InChI is InChI=1S/C17H23F3N4O3S/c1-5-6-11-24(16(27-4)21-14(25)23(2)3)15(26)22-28-13-9-7-12(8-10-13)17(18,19)20/h7-10H,5-6,11H2,1-4H3,(H,22,26). The lowest BCUT2D eigenvalue weighted by atomic mass is 10.2. The Kier molecular flexibility index (Phi) is 9.10. The molecule has 0 atom stereocenters. The van der Waals surface area contributed by atoms with E-state index in [1.807, 2.05) is 6.92 Å². The Labute approximate surface area is 166 Å². The molecule has 7 nitrogen and oxygen atoms in total. The van der Waals surface area contributed by atoms with Gasteiger partial charge in [0.15, 0.2) is 0 Å². The van der Waals surface area contributed by atoms with Gasteiger partial charge in [0, 0.05) is 25.5 Å². The number of halogens is 3. The molecule has 0 radical (unpaired) electrons. The molecule has 0 unspecified atom stereocenters. The van der Waals surface area contributed by atoms with Crippen molar-refractivity contribution in [3.8, 4) is 0 Å². The molecule has 1 aromatic carbocycles. The lowest BCUT2D eigenvalue weighted by molar-refractivity contribution is -0.137. The van der Waals surface area contributed by atoms with Crippen LogP contribution in [0.25, 0.3) is 0 Å². The summed E-state index contributed by atoms with van der Waals surface area (Å²) in [5.41, 5.74) is -0.774. The molecule has 1 aromatic rings. The number of ether oxygens (including phenoxy) is 1. The summed E-state index contributed by atoms with van der Waals surface area (Å²) in [6.45, 7) is 2.19. The average Bonchev–Trinajstić information content (AvgIpc) is 2.64. The van der Waals surface area contributed by atoms with Gasteiger partial charge in [-0.1, -0.05) is 13.3 Å². The number of amidine groups is 1. The second kappa shape index (κ2) is 10.8. The summed E-state index contributed by atoms with van der Waals surface area (Å²) in [5.74, 6) is 0. The number of hydrogen-bond acceptors (Lipinski definition) is 4. The van der Waals surface area contributed by atoms with E-state index in [1.54, 1.807) is 0 Å². The summed E-state index contributed by atoms with van der Waals surface area (Å²) in [5, 5.41) is 0. The van der Waals surface area contributed by atoms with Gasteiger partial charge in [-0.15, -0.1) is 4.99 Å². The van der Waals surface area contributed by atoms with E-state index in [0.717, 1.165) is 30.5 Å². The van der Waals surface area contributed by atoms with Crippen molar-refractivity contribution in [2.24, 2.45) is 4.99 Å². The van der Waals surface area contributed by atoms with Crippen molar-refractivity contribution in [1.82, 2.24) is 14.5 Å². The Bertz CT molecular complexity index is 694. The number of nitrogens with one attached hydrogen (secondary N) is 1. The van der Waals surface area contributed by atoms with Crippen LogP contribution in [0.15, 0.2) is 34.2 Å². The molecule has 0 aliphatic heterocycles. The molecule has 0 aliphatic carbocycles. The van der Waals surface area contributed by atoms with Gasteiger partial charge in [0.25, 0.3) is 0 Å². The van der Waals surface area contributed by atoms with Crippen LogP contribution < -0.4 is 4.72 Å². The van der Waals surface area contributed by atoms with Crippen molar-refractivity contribution >= 4 is 30.0 Å². The highest BCUT2D eigenvalue weighted by atomic mass is 32.2. The molecule has 28 heavy (non-hydrogen) atoms. The van der Waals surface area contributed by atoms with Crippen LogP contribution in [0.3, 0.4) is 0 Å². The van der Waals surface area contributed by atoms with E-state index in [2.05, 4.69) is 9.71 Å². The van der Waals surface area contributed by atoms with E-state index < -0.39 is 23.8 Å². The maximum absolute atomic E-state index is 12.6. The predicted octanol–water partition coefficient (Wildman–Crippen LogP) is 4.21. The number of rotatable bonds is 5. The average molecular weight is 420 g/mol. The highest BCUT2D eigenvalue weighted by molar-refractivity contribution is 7.98. The molecule has 0 bridgehead atoms. The zero-order valence-corrected chi connectivity index (χ0v) is 16.9. The van der Waals surface area contributed by atoms with Gasteiger partial charge in [-0.05, 0) is 42.6 Å². The van der Waals surface area contributed by atoms with Crippen molar-refractivity contribution in [3.05, 3.63) is 29.8 Å². The maximum atomic E-state index is 12.6. The fraction of sp³-hybridized carbons (Fsp3) is 0.471. The zero-order chi connectivity index (χ0) is 21.3. The Morgan fingerprint density at radius 1 is 1.21 bits per heavy atom. The quantitative estimate of drug-likeness (QED) is 0.440. The van der Waals surface area contributed by atoms with Crippen LogP contribution >= 0.6 is 11.9 Å². The number of methoxy groups -OCH3 is 1. The van der Waals surface area contributed by atoms with Crippen LogP contribution in [0.4, 0.5) is 22.8 Å². The first-order valence-corrected chi connectivity index (χ1v) is 9.17. The normalized spacial score (nSPS) is 11.8. The SMILES string of the molecule is CCCCN(C(=O)NSc1ccc(C(F)(F)F)cc1)C(=NC(=O)N(C)C)OC. The highest BCUT2D eigenvalue weighted by Gasteiger charge is 2.30. The van der Waals surface area contributed by atoms with Gasteiger partial charge in [-0.25, -0.2) is 14.5 Å². The summed E-state index contributed by atoms with van der Waals surface area (Å²) < 4.78 is 45.4. The molecule has 11 heteroatoms. The minimum Gasteiger partial charge on any atom is -0.468 e. The molecule has 1 N–H and O–H groups in total. The fourth-order valence-corrected chi connectivity index (χ4v) is 2.46. The van der Waals surface area contributed by atoms with Crippen molar-refractivity contribution in [2.45, 2.75) is 30.8 Å². The van der Waals surface area contributed by atoms with Crippen molar-refractivity contribution < 1.29 is 27.5 Å². The van der Waals surface area contributed by atoms with Gasteiger partial charge in [0.05, 0.1) is 12.7 Å². The monoisotopic (exact) mass is 420 g/mol. The molecular weight excluding hydrogens is 397 g/mol. The third-order valence-electron chi connectivity index (χ3n) is 3.41. The number of carbonyl (C=O) groups excluding carboxylic acids is 2. The third kappa shape index (κ3) is 7.29. The van der Waals surface area contributed by atoms with Gasteiger partial charge in [0.2, 0.25) is 0 Å². The molecule has 4 amide bonds. The highest BCUT2D eigenvalue weighted by Crippen LogP contribution is 2.30. The Balaban J connectivity index is 2.88. The van der Waals surface area contributed by atoms with Gasteiger partial charge in [-0.2, -0.15) is 13.2 Å². The molecule has 0 aliphatic rings. The largest absolute Gasteiger partial charge is 0.468 e. The minimum absolute atomic E-state index is 0.169. The molecule has 0 fully saturated rings. The number of nitrogens with zero attached hydrogens (tertiary/aromatic N) is 3. The summed E-state index contributed by atoms with van der Waals surface area (Å²) in [6, 6.07) is 3.00. The predicted molar refractivity (Wildman–Crippen MR) is 101 cm³/mol. The molecule has 0 saturated carbocycles. The Morgan fingerprint density at radius 2 is 1.82 bits per heavy atom. The molecule has 0 spiro atoms. The Morgan fingerprint density at radius 3 is 2.29 bits per heavy atom. The van der Waals surface area contributed by atoms with Crippen molar-refractivity contribution in [1.29, 1.82) is 0 Å². The first-order valence-electron chi connectivity index (χ1n) is 8.35. The third-order valence-corrected chi connectivity index (χ3v) is 4.19. The number of urea groups is 2. The van der Waals surface area contributed by atoms with E-state index in [1.165, 1.54) is 43.1 Å². The molecule has 0 aromatic heterocycles. The second-order valence-corrected chi connectivity index (χ2v) is 6.69. The number of amides is 4. The summed E-state index contributed by atoms with van der Waals surface area (Å²) in [6.07, 6.45) is -3.00. The van der Waals surface area contributed by atoms with Crippen molar-refractivity contribution in [2.75, 3.05) is 27.7 Å². The van der Waals surface area contributed by atoms with E-state index in [0.29, 0.717) is 11.3 Å². The smallest absolute Gasteiger partial charge is 0.416 e. The van der Waals surface area contributed by atoms with Crippen LogP contribution in [-0.4, -0.2) is 55.6 Å². The number of alkyl halides is 3. The van der Waals surface area contributed by atoms with Crippen LogP contribution in [0.5, 0.6) is 0 Å². The maximum Gasteiger partial charge on any atom is 0.416 e. The number of hydrogen-bond donors (Lipinski definition) is 1. The number of carbonyl (C=O) groups is 2. The van der Waals surface area contributed by atoms with Crippen LogP contribution in [0.1, 0.15) is 25.3 Å².